The Morgan fingerprint density at radius 2 is 1.66 bits per heavy atom. The van der Waals surface area contributed by atoms with E-state index in [0.29, 0.717) is 22.2 Å². The number of aromatic hydroxyl groups is 1. The molecular formula is C27H21F2NO5. The van der Waals surface area contributed by atoms with E-state index in [9.17, 15) is 23.5 Å². The Morgan fingerprint density at radius 1 is 0.914 bits per heavy atom. The zero-order valence-corrected chi connectivity index (χ0v) is 18.8. The molecule has 178 valence electrons. The molecule has 0 unspecified atom stereocenters. The second kappa shape index (κ2) is 10.3. The van der Waals surface area contributed by atoms with Crippen molar-refractivity contribution >= 4 is 22.5 Å². The zero-order valence-electron chi connectivity index (χ0n) is 18.8. The molecule has 0 aliphatic carbocycles. The van der Waals surface area contributed by atoms with E-state index in [4.69, 9.17) is 9.47 Å². The van der Waals surface area contributed by atoms with Gasteiger partial charge in [-0.05, 0) is 41.5 Å². The molecule has 0 amide bonds. The van der Waals surface area contributed by atoms with Crippen LogP contribution < -0.4 is 9.47 Å². The largest absolute Gasteiger partial charge is 0.504 e. The van der Waals surface area contributed by atoms with Gasteiger partial charge in [-0.15, -0.1) is 0 Å². The van der Waals surface area contributed by atoms with Crippen molar-refractivity contribution in [2.24, 2.45) is 0 Å². The van der Waals surface area contributed by atoms with Gasteiger partial charge < -0.3 is 14.6 Å². The summed E-state index contributed by atoms with van der Waals surface area (Å²) >= 11 is 0. The van der Waals surface area contributed by atoms with E-state index in [-0.39, 0.29) is 47.9 Å². The Balaban J connectivity index is 1.43. The second-order valence-electron chi connectivity index (χ2n) is 7.94. The lowest BCUT2D eigenvalue weighted by Gasteiger charge is -2.11. The first-order valence-electron chi connectivity index (χ1n) is 10.7. The molecule has 0 saturated heterocycles. The molecule has 35 heavy (non-hydrogen) atoms. The molecule has 4 aromatic rings. The number of carbonyl (C=O) groups is 2. The number of ether oxygens (including phenoxy) is 2. The Labute approximate surface area is 199 Å². The van der Waals surface area contributed by atoms with Crippen LogP contribution in [-0.4, -0.2) is 28.8 Å². The molecule has 4 rings (SSSR count). The SMILES string of the molecule is COc1cc2c(Oc3ccc(CC(=O)CC(=O)Cc4ccc(F)cc4)c(F)c3)ccnc2cc1O. The van der Waals surface area contributed by atoms with Crippen LogP contribution in [0.3, 0.4) is 0 Å². The fourth-order valence-corrected chi connectivity index (χ4v) is 3.64. The lowest BCUT2D eigenvalue weighted by atomic mass is 10.0. The number of aromatic nitrogens is 1. The molecule has 1 N–H and O–H groups in total. The molecule has 6 nitrogen and oxygen atoms in total. The normalized spacial score (nSPS) is 10.8. The average Bonchev–Trinajstić information content (AvgIpc) is 2.82. The number of ketones is 2. The number of rotatable bonds is 9. The first-order valence-corrected chi connectivity index (χ1v) is 10.7. The van der Waals surface area contributed by atoms with E-state index >= 15 is 0 Å². The number of phenolic OH excluding ortho intramolecular Hbond substituents is 1. The highest BCUT2D eigenvalue weighted by Gasteiger charge is 2.15. The highest BCUT2D eigenvalue weighted by molar-refractivity contribution is 6.00. The standard InChI is InChI=1S/C27H21F2NO5/c1-34-27-14-22-24(15-25(27)33)30-9-8-26(22)35-21-7-4-17(23(29)13-21)11-20(32)12-19(31)10-16-2-5-18(28)6-3-16/h2-9,13-15,33H,10-12H2,1H3. The van der Waals surface area contributed by atoms with Crippen molar-refractivity contribution in [2.75, 3.05) is 7.11 Å². The monoisotopic (exact) mass is 477 g/mol. The second-order valence-corrected chi connectivity index (χ2v) is 7.94. The van der Waals surface area contributed by atoms with Crippen molar-refractivity contribution in [1.29, 1.82) is 0 Å². The third-order valence-electron chi connectivity index (χ3n) is 5.35. The van der Waals surface area contributed by atoms with Crippen LogP contribution in [0.25, 0.3) is 10.9 Å². The molecule has 0 saturated carbocycles. The molecule has 3 aromatic carbocycles. The maximum Gasteiger partial charge on any atom is 0.161 e. The van der Waals surface area contributed by atoms with E-state index in [1.165, 1.54) is 55.8 Å². The van der Waals surface area contributed by atoms with E-state index in [1.807, 2.05) is 0 Å². The first kappa shape index (κ1) is 23.8. The molecule has 0 aliphatic heterocycles. The molecule has 0 atom stereocenters. The van der Waals surface area contributed by atoms with Crippen molar-refractivity contribution in [3.8, 4) is 23.0 Å². The summed E-state index contributed by atoms with van der Waals surface area (Å²) in [6.45, 7) is 0. The van der Waals surface area contributed by atoms with Crippen molar-refractivity contribution < 1.29 is 33.0 Å². The number of fused-ring (bicyclic) bond motifs is 1. The summed E-state index contributed by atoms with van der Waals surface area (Å²) in [6.07, 6.45) is 0.919. The third kappa shape index (κ3) is 5.78. The summed E-state index contributed by atoms with van der Waals surface area (Å²) in [5.41, 5.74) is 1.21. The van der Waals surface area contributed by atoms with Gasteiger partial charge in [0, 0.05) is 36.6 Å². The van der Waals surface area contributed by atoms with Gasteiger partial charge in [0.05, 0.1) is 19.0 Å². The maximum atomic E-state index is 14.7. The summed E-state index contributed by atoms with van der Waals surface area (Å²) < 4.78 is 38.6. The summed E-state index contributed by atoms with van der Waals surface area (Å²) in [5.74, 6) is -1.05. The summed E-state index contributed by atoms with van der Waals surface area (Å²) in [7, 11) is 1.42. The fourth-order valence-electron chi connectivity index (χ4n) is 3.64. The number of hydrogen-bond donors (Lipinski definition) is 1. The Kier molecular flexibility index (Phi) is 7.01. The van der Waals surface area contributed by atoms with Crippen LogP contribution in [0.2, 0.25) is 0 Å². The van der Waals surface area contributed by atoms with Gasteiger partial charge in [0.25, 0.3) is 0 Å². The molecule has 0 bridgehead atoms. The molecule has 8 heteroatoms. The smallest absolute Gasteiger partial charge is 0.161 e. The van der Waals surface area contributed by atoms with Crippen molar-refractivity contribution in [3.63, 3.8) is 0 Å². The van der Waals surface area contributed by atoms with Crippen LogP contribution >= 0.6 is 0 Å². The fraction of sp³-hybridized carbons (Fsp3) is 0.148. The van der Waals surface area contributed by atoms with Gasteiger partial charge in [0.1, 0.15) is 34.7 Å². The van der Waals surface area contributed by atoms with Crippen LogP contribution in [0.4, 0.5) is 8.78 Å². The van der Waals surface area contributed by atoms with E-state index in [1.54, 1.807) is 12.1 Å². The number of phenols is 1. The van der Waals surface area contributed by atoms with Gasteiger partial charge in [0.2, 0.25) is 0 Å². The minimum absolute atomic E-state index is 0.00370. The highest BCUT2D eigenvalue weighted by atomic mass is 19.1. The van der Waals surface area contributed by atoms with Crippen molar-refractivity contribution in [3.05, 3.63) is 89.6 Å². The molecule has 0 fully saturated rings. The van der Waals surface area contributed by atoms with Gasteiger partial charge in [0.15, 0.2) is 11.5 Å². The number of halogens is 2. The maximum absolute atomic E-state index is 14.7. The van der Waals surface area contributed by atoms with E-state index < -0.39 is 17.4 Å². The van der Waals surface area contributed by atoms with Crippen LogP contribution in [0.5, 0.6) is 23.0 Å². The van der Waals surface area contributed by atoms with Crippen molar-refractivity contribution in [1.82, 2.24) is 4.98 Å². The Hall–Kier alpha value is -4.33. The first-order chi connectivity index (χ1) is 16.8. The minimum atomic E-state index is -0.643. The molecule has 1 aromatic heterocycles. The highest BCUT2D eigenvalue weighted by Crippen LogP contribution is 2.36. The number of methoxy groups -OCH3 is 1. The zero-order chi connectivity index (χ0) is 24.9. The summed E-state index contributed by atoms with van der Waals surface area (Å²) in [4.78, 5) is 28.7. The molecule has 0 spiro atoms. The predicted octanol–water partition coefficient (Wildman–Crippen LogP) is 5.33. The van der Waals surface area contributed by atoms with Gasteiger partial charge in [-0.1, -0.05) is 18.2 Å². The number of hydrogen-bond acceptors (Lipinski definition) is 6. The van der Waals surface area contributed by atoms with Crippen LogP contribution in [0.1, 0.15) is 17.5 Å². The van der Waals surface area contributed by atoms with Gasteiger partial charge >= 0.3 is 0 Å². The number of nitrogens with zero attached hydrogens (tertiary/aromatic N) is 1. The number of pyridine rings is 1. The lowest BCUT2D eigenvalue weighted by Crippen LogP contribution is -2.13. The van der Waals surface area contributed by atoms with E-state index in [2.05, 4.69) is 4.98 Å². The Morgan fingerprint density at radius 3 is 2.37 bits per heavy atom. The van der Waals surface area contributed by atoms with Gasteiger partial charge in [-0.25, -0.2) is 8.78 Å². The summed E-state index contributed by atoms with van der Waals surface area (Å²) in [6, 6.07) is 14.2. The topological polar surface area (TPSA) is 85.7 Å². The summed E-state index contributed by atoms with van der Waals surface area (Å²) in [5, 5.41) is 10.5. The lowest BCUT2D eigenvalue weighted by molar-refractivity contribution is -0.126. The number of carbonyl (C=O) groups excluding carboxylic acids is 2. The van der Waals surface area contributed by atoms with Crippen LogP contribution in [-0.2, 0) is 22.4 Å². The predicted molar refractivity (Wildman–Crippen MR) is 125 cm³/mol. The van der Waals surface area contributed by atoms with Crippen LogP contribution in [0.15, 0.2) is 66.9 Å². The molecule has 0 radical (unpaired) electrons. The van der Waals surface area contributed by atoms with E-state index in [0.717, 1.165) is 6.07 Å². The quantitative estimate of drug-likeness (QED) is 0.328. The molecule has 1 heterocycles. The minimum Gasteiger partial charge on any atom is -0.504 e. The average molecular weight is 477 g/mol. The molecular weight excluding hydrogens is 456 g/mol. The van der Waals surface area contributed by atoms with Crippen molar-refractivity contribution in [2.45, 2.75) is 19.3 Å². The van der Waals surface area contributed by atoms with Gasteiger partial charge in [-0.2, -0.15) is 0 Å². The number of benzene rings is 3. The molecule has 0 aliphatic rings. The number of Topliss-reactive ketones (excluding diaryl/α,β-unsaturated/α-hetero) is 2. The Bertz CT molecular complexity index is 1400. The third-order valence-corrected chi connectivity index (χ3v) is 5.35. The van der Waals surface area contributed by atoms with Gasteiger partial charge in [-0.3, -0.25) is 14.6 Å². The van der Waals surface area contributed by atoms with Crippen LogP contribution in [0, 0.1) is 11.6 Å².